The Morgan fingerprint density at radius 3 is 2.70 bits per heavy atom. The fourth-order valence-corrected chi connectivity index (χ4v) is 2.97. The Kier molecular flexibility index (Phi) is 3.71. The molecule has 0 spiro atoms. The van der Waals surface area contributed by atoms with Crippen molar-refractivity contribution in [3.63, 3.8) is 0 Å². The molecule has 6 heteroatoms. The van der Waals surface area contributed by atoms with Gasteiger partial charge in [0.25, 0.3) is 0 Å². The van der Waals surface area contributed by atoms with E-state index in [-0.39, 0.29) is 0 Å². The molecule has 2 aromatic heterocycles. The minimum Gasteiger partial charge on any atom is -0.364 e. The van der Waals surface area contributed by atoms with Crippen LogP contribution in [0.3, 0.4) is 0 Å². The van der Waals surface area contributed by atoms with Crippen molar-refractivity contribution in [2.24, 2.45) is 0 Å². The molecule has 3 aromatic rings. The molecule has 0 radical (unpaired) electrons. The van der Waals surface area contributed by atoms with Crippen LogP contribution in [-0.2, 0) is 0 Å². The summed E-state index contributed by atoms with van der Waals surface area (Å²) in [5, 5.41) is 3.50. The Hall–Kier alpha value is -2.76. The molecule has 0 bridgehead atoms. The number of aromatic nitrogens is 4. The van der Waals surface area contributed by atoms with Gasteiger partial charge in [-0.05, 0) is 31.0 Å². The molecule has 6 nitrogen and oxygen atoms in total. The van der Waals surface area contributed by atoms with Gasteiger partial charge >= 0.3 is 0 Å². The largest absolute Gasteiger partial charge is 0.364 e. The number of anilines is 2. The van der Waals surface area contributed by atoms with Crippen LogP contribution in [0.1, 0.15) is 12.8 Å². The highest BCUT2D eigenvalue weighted by molar-refractivity contribution is 5.75. The average molecular weight is 306 g/mol. The average Bonchev–Trinajstić information content (AvgIpc) is 2.63. The second-order valence-electron chi connectivity index (χ2n) is 5.72. The smallest absolute Gasteiger partial charge is 0.225 e. The number of piperidine rings is 1. The van der Waals surface area contributed by atoms with Gasteiger partial charge in [0, 0.05) is 31.5 Å². The number of para-hydroxylation sites is 2. The molecular formula is C17H18N6. The molecular weight excluding hydrogens is 288 g/mol. The van der Waals surface area contributed by atoms with Crippen molar-refractivity contribution in [3.05, 3.63) is 48.9 Å². The SMILES string of the molecule is c1cnc(N2CCC[C@H](Nc3cnc4ccccc4n3)C2)nc1. The molecule has 116 valence electrons. The van der Waals surface area contributed by atoms with E-state index in [1.54, 1.807) is 18.6 Å². The Labute approximate surface area is 134 Å². The number of rotatable bonds is 3. The summed E-state index contributed by atoms with van der Waals surface area (Å²) in [6.07, 6.45) is 7.59. The van der Waals surface area contributed by atoms with Gasteiger partial charge in [-0.1, -0.05) is 12.1 Å². The van der Waals surface area contributed by atoms with Crippen molar-refractivity contribution in [3.8, 4) is 0 Å². The van der Waals surface area contributed by atoms with Gasteiger partial charge in [-0.25, -0.2) is 15.0 Å². The van der Waals surface area contributed by atoms with E-state index in [4.69, 9.17) is 0 Å². The number of nitrogens with one attached hydrogen (secondary N) is 1. The highest BCUT2D eigenvalue weighted by atomic mass is 15.3. The van der Waals surface area contributed by atoms with E-state index in [2.05, 4.69) is 30.2 Å². The second kappa shape index (κ2) is 6.16. The van der Waals surface area contributed by atoms with E-state index >= 15 is 0 Å². The number of fused-ring (bicyclic) bond motifs is 1. The minimum absolute atomic E-state index is 0.322. The summed E-state index contributed by atoms with van der Waals surface area (Å²) in [5.74, 6) is 1.62. The lowest BCUT2D eigenvalue weighted by Crippen LogP contribution is -2.43. The Morgan fingerprint density at radius 1 is 1.00 bits per heavy atom. The van der Waals surface area contributed by atoms with Gasteiger partial charge in [0.2, 0.25) is 5.95 Å². The Balaban J connectivity index is 1.49. The zero-order valence-corrected chi connectivity index (χ0v) is 12.8. The zero-order valence-electron chi connectivity index (χ0n) is 12.8. The van der Waals surface area contributed by atoms with Crippen LogP contribution in [0.15, 0.2) is 48.9 Å². The van der Waals surface area contributed by atoms with Gasteiger partial charge < -0.3 is 10.2 Å². The quantitative estimate of drug-likeness (QED) is 0.802. The molecule has 0 unspecified atom stereocenters. The van der Waals surface area contributed by atoms with Crippen molar-refractivity contribution in [2.75, 3.05) is 23.3 Å². The Morgan fingerprint density at radius 2 is 1.83 bits per heavy atom. The summed E-state index contributed by atoms with van der Waals surface area (Å²) < 4.78 is 0. The lowest BCUT2D eigenvalue weighted by atomic mass is 10.1. The predicted molar refractivity (Wildman–Crippen MR) is 90.4 cm³/mol. The van der Waals surface area contributed by atoms with Crippen molar-refractivity contribution in [2.45, 2.75) is 18.9 Å². The third-order valence-corrected chi connectivity index (χ3v) is 4.06. The maximum absolute atomic E-state index is 4.64. The van der Waals surface area contributed by atoms with Gasteiger partial charge in [-0.2, -0.15) is 0 Å². The van der Waals surface area contributed by atoms with Gasteiger partial charge in [-0.3, -0.25) is 4.98 Å². The van der Waals surface area contributed by atoms with Crippen molar-refractivity contribution in [1.82, 2.24) is 19.9 Å². The molecule has 1 atom stereocenters. The zero-order chi connectivity index (χ0) is 15.5. The summed E-state index contributed by atoms with van der Waals surface area (Å²) in [4.78, 5) is 20.0. The van der Waals surface area contributed by atoms with E-state index in [9.17, 15) is 0 Å². The highest BCUT2D eigenvalue weighted by Gasteiger charge is 2.21. The number of hydrogen-bond donors (Lipinski definition) is 1. The first-order valence-corrected chi connectivity index (χ1v) is 7.89. The molecule has 1 aromatic carbocycles. The van der Waals surface area contributed by atoms with Gasteiger partial charge in [-0.15, -0.1) is 0 Å². The van der Waals surface area contributed by atoms with Gasteiger partial charge in [0.1, 0.15) is 5.82 Å². The molecule has 1 saturated heterocycles. The third kappa shape index (κ3) is 3.06. The van der Waals surface area contributed by atoms with Crippen LogP contribution in [-0.4, -0.2) is 39.1 Å². The maximum Gasteiger partial charge on any atom is 0.225 e. The fourth-order valence-electron chi connectivity index (χ4n) is 2.97. The van der Waals surface area contributed by atoms with Crippen LogP contribution in [0.4, 0.5) is 11.8 Å². The predicted octanol–water partition coefficient (Wildman–Crippen LogP) is 2.50. The van der Waals surface area contributed by atoms with Crippen LogP contribution < -0.4 is 10.2 Å². The molecule has 1 N–H and O–H groups in total. The number of benzene rings is 1. The van der Waals surface area contributed by atoms with E-state index in [0.717, 1.165) is 48.7 Å². The molecule has 1 fully saturated rings. The first-order chi connectivity index (χ1) is 11.4. The first-order valence-electron chi connectivity index (χ1n) is 7.89. The minimum atomic E-state index is 0.322. The van der Waals surface area contributed by atoms with E-state index in [0.29, 0.717) is 6.04 Å². The normalized spacial score (nSPS) is 18.1. The lowest BCUT2D eigenvalue weighted by Gasteiger charge is -2.33. The van der Waals surface area contributed by atoms with E-state index < -0.39 is 0 Å². The summed E-state index contributed by atoms with van der Waals surface area (Å²) >= 11 is 0. The number of hydrogen-bond acceptors (Lipinski definition) is 6. The number of nitrogens with zero attached hydrogens (tertiary/aromatic N) is 5. The molecule has 0 aliphatic carbocycles. The lowest BCUT2D eigenvalue weighted by molar-refractivity contribution is 0.521. The standard InChI is InChI=1S/C17H18N6/c1-2-7-15-14(6-1)20-11-16(22-15)21-13-5-3-10-23(12-13)17-18-8-4-9-19-17/h1-2,4,6-9,11,13H,3,5,10,12H2,(H,21,22)/t13-/m0/s1. The molecule has 4 rings (SSSR count). The van der Waals surface area contributed by atoms with E-state index in [1.165, 1.54) is 0 Å². The van der Waals surface area contributed by atoms with Crippen molar-refractivity contribution in [1.29, 1.82) is 0 Å². The molecule has 1 aliphatic rings. The molecule has 0 amide bonds. The monoisotopic (exact) mass is 306 g/mol. The van der Waals surface area contributed by atoms with Crippen LogP contribution in [0.2, 0.25) is 0 Å². The maximum atomic E-state index is 4.64. The van der Waals surface area contributed by atoms with Gasteiger partial charge in [0.15, 0.2) is 0 Å². The van der Waals surface area contributed by atoms with Crippen molar-refractivity contribution >= 4 is 22.8 Å². The summed E-state index contributed by atoms with van der Waals surface area (Å²) in [5.41, 5.74) is 1.83. The molecule has 23 heavy (non-hydrogen) atoms. The molecule has 3 heterocycles. The van der Waals surface area contributed by atoms with E-state index in [1.807, 2.05) is 30.3 Å². The topological polar surface area (TPSA) is 66.8 Å². The van der Waals surface area contributed by atoms with Crippen LogP contribution in [0.25, 0.3) is 11.0 Å². The summed E-state index contributed by atoms with van der Waals surface area (Å²) in [6.45, 7) is 1.87. The summed E-state index contributed by atoms with van der Waals surface area (Å²) in [7, 11) is 0. The van der Waals surface area contributed by atoms with Gasteiger partial charge in [0.05, 0.1) is 17.2 Å². The van der Waals surface area contributed by atoms with Crippen LogP contribution in [0, 0.1) is 0 Å². The molecule has 1 aliphatic heterocycles. The van der Waals surface area contributed by atoms with Crippen molar-refractivity contribution < 1.29 is 0 Å². The van der Waals surface area contributed by atoms with Crippen LogP contribution >= 0.6 is 0 Å². The second-order valence-corrected chi connectivity index (χ2v) is 5.72. The first kappa shape index (κ1) is 13.9. The fraction of sp³-hybridized carbons (Fsp3) is 0.294. The third-order valence-electron chi connectivity index (χ3n) is 4.06. The Bertz CT molecular complexity index is 791. The summed E-state index contributed by atoms with van der Waals surface area (Å²) in [6, 6.07) is 10.1. The highest BCUT2D eigenvalue weighted by Crippen LogP contribution is 2.19. The molecule has 0 saturated carbocycles. The van der Waals surface area contributed by atoms with Crippen LogP contribution in [0.5, 0.6) is 0 Å².